The van der Waals surface area contributed by atoms with Gasteiger partial charge in [-0.1, -0.05) is 19.8 Å². The lowest BCUT2D eigenvalue weighted by Crippen LogP contribution is -2.24. The molecule has 0 aliphatic rings. The van der Waals surface area contributed by atoms with E-state index in [4.69, 9.17) is 0 Å². The Balaban J connectivity index is 2.54. The van der Waals surface area contributed by atoms with Crippen LogP contribution in [0.15, 0.2) is 12.5 Å². The molecule has 1 unspecified atom stereocenters. The van der Waals surface area contributed by atoms with Crippen LogP contribution in [-0.2, 0) is 0 Å². The van der Waals surface area contributed by atoms with Crippen LogP contribution < -0.4 is 5.32 Å². The van der Waals surface area contributed by atoms with E-state index in [2.05, 4.69) is 22.2 Å². The van der Waals surface area contributed by atoms with Gasteiger partial charge in [0, 0.05) is 11.8 Å². The van der Waals surface area contributed by atoms with Gasteiger partial charge in [0.15, 0.2) is 0 Å². The van der Waals surface area contributed by atoms with Crippen molar-refractivity contribution in [1.82, 2.24) is 9.97 Å². The second kappa shape index (κ2) is 6.35. The molecule has 2 N–H and O–H groups in total. The third-order valence-electron chi connectivity index (χ3n) is 2.36. The predicted octanol–water partition coefficient (Wildman–Crippen LogP) is 1.75. The van der Waals surface area contributed by atoms with Crippen LogP contribution in [0.2, 0.25) is 0 Å². The fourth-order valence-corrected chi connectivity index (χ4v) is 1.40. The van der Waals surface area contributed by atoms with Gasteiger partial charge in [-0.25, -0.2) is 9.97 Å². The molecule has 0 saturated carbocycles. The first-order chi connectivity index (χ1) is 7.27. The Hall–Kier alpha value is -1.16. The summed E-state index contributed by atoms with van der Waals surface area (Å²) in [5.74, 6) is 0.820. The van der Waals surface area contributed by atoms with E-state index in [0.717, 1.165) is 30.6 Å². The fraction of sp³-hybridized carbons (Fsp3) is 0.636. The molecule has 0 aromatic carbocycles. The minimum absolute atomic E-state index is 0.0959. The van der Waals surface area contributed by atoms with Crippen molar-refractivity contribution in [2.24, 2.45) is 0 Å². The second-order valence-corrected chi connectivity index (χ2v) is 3.72. The zero-order valence-corrected chi connectivity index (χ0v) is 9.40. The molecule has 0 fully saturated rings. The monoisotopic (exact) mass is 209 g/mol. The van der Waals surface area contributed by atoms with Crippen molar-refractivity contribution in [3.63, 3.8) is 0 Å². The van der Waals surface area contributed by atoms with E-state index >= 15 is 0 Å². The molecule has 0 amide bonds. The van der Waals surface area contributed by atoms with E-state index < -0.39 is 0 Å². The van der Waals surface area contributed by atoms with E-state index in [9.17, 15) is 5.11 Å². The van der Waals surface area contributed by atoms with Crippen molar-refractivity contribution in [2.45, 2.75) is 39.2 Å². The van der Waals surface area contributed by atoms with Gasteiger partial charge in [-0.15, -0.1) is 0 Å². The molecule has 0 bridgehead atoms. The molecule has 0 aliphatic heterocycles. The van der Waals surface area contributed by atoms with Crippen molar-refractivity contribution >= 4 is 5.82 Å². The van der Waals surface area contributed by atoms with Crippen LogP contribution in [0.4, 0.5) is 5.82 Å². The summed E-state index contributed by atoms with van der Waals surface area (Å²) in [6.07, 6.45) is 6.51. The van der Waals surface area contributed by atoms with E-state index in [-0.39, 0.29) is 12.6 Å². The molecule has 4 nitrogen and oxygen atoms in total. The number of nitrogens with zero attached hydrogens (tertiary/aromatic N) is 2. The maximum Gasteiger partial charge on any atom is 0.132 e. The normalized spacial score (nSPS) is 12.5. The Morgan fingerprint density at radius 3 is 2.93 bits per heavy atom. The SMILES string of the molecule is CCCCC(CO)Nc1ncncc1C. The average molecular weight is 209 g/mol. The molecule has 1 heterocycles. The Bertz CT molecular complexity index is 291. The molecule has 15 heavy (non-hydrogen) atoms. The zero-order chi connectivity index (χ0) is 11.1. The van der Waals surface area contributed by atoms with Crippen molar-refractivity contribution in [3.05, 3.63) is 18.1 Å². The van der Waals surface area contributed by atoms with Gasteiger partial charge in [0.1, 0.15) is 12.1 Å². The van der Waals surface area contributed by atoms with Crippen LogP contribution in [0.5, 0.6) is 0 Å². The molecule has 1 atom stereocenters. The summed E-state index contributed by atoms with van der Waals surface area (Å²) in [6, 6.07) is 0.0959. The van der Waals surface area contributed by atoms with Crippen molar-refractivity contribution < 1.29 is 5.11 Å². The Morgan fingerprint density at radius 1 is 1.53 bits per heavy atom. The van der Waals surface area contributed by atoms with Crippen LogP contribution in [0, 0.1) is 6.92 Å². The molecule has 1 rings (SSSR count). The number of rotatable bonds is 6. The summed E-state index contributed by atoms with van der Waals surface area (Å²) >= 11 is 0. The molecule has 4 heteroatoms. The summed E-state index contributed by atoms with van der Waals surface area (Å²) in [6.45, 7) is 4.24. The summed E-state index contributed by atoms with van der Waals surface area (Å²) in [5, 5.41) is 12.4. The van der Waals surface area contributed by atoms with E-state index in [0.29, 0.717) is 0 Å². The van der Waals surface area contributed by atoms with E-state index in [1.165, 1.54) is 6.33 Å². The highest BCUT2D eigenvalue weighted by Crippen LogP contribution is 2.11. The minimum atomic E-state index is 0.0959. The highest BCUT2D eigenvalue weighted by molar-refractivity contribution is 5.41. The lowest BCUT2D eigenvalue weighted by atomic mass is 10.1. The number of anilines is 1. The van der Waals surface area contributed by atoms with Gasteiger partial charge in [-0.2, -0.15) is 0 Å². The van der Waals surface area contributed by atoms with E-state index in [1.54, 1.807) is 6.20 Å². The van der Waals surface area contributed by atoms with Gasteiger partial charge in [-0.3, -0.25) is 0 Å². The molecular formula is C11H19N3O. The maximum atomic E-state index is 9.20. The van der Waals surface area contributed by atoms with E-state index in [1.807, 2.05) is 6.92 Å². The van der Waals surface area contributed by atoms with Gasteiger partial charge >= 0.3 is 0 Å². The van der Waals surface area contributed by atoms with Crippen molar-refractivity contribution in [2.75, 3.05) is 11.9 Å². The zero-order valence-electron chi connectivity index (χ0n) is 9.40. The molecule has 0 radical (unpaired) electrons. The molecule has 1 aromatic rings. The number of unbranched alkanes of at least 4 members (excludes halogenated alkanes) is 1. The van der Waals surface area contributed by atoms with Crippen LogP contribution in [0.1, 0.15) is 31.7 Å². The Labute approximate surface area is 90.8 Å². The first-order valence-electron chi connectivity index (χ1n) is 5.42. The third-order valence-corrected chi connectivity index (χ3v) is 2.36. The van der Waals surface area contributed by atoms with Crippen LogP contribution in [-0.4, -0.2) is 27.7 Å². The fourth-order valence-electron chi connectivity index (χ4n) is 1.40. The number of aliphatic hydroxyl groups excluding tert-OH is 1. The van der Waals surface area contributed by atoms with Crippen LogP contribution in [0.3, 0.4) is 0 Å². The quantitative estimate of drug-likeness (QED) is 0.749. The van der Waals surface area contributed by atoms with Gasteiger partial charge in [0.25, 0.3) is 0 Å². The number of aliphatic hydroxyl groups is 1. The summed E-state index contributed by atoms with van der Waals surface area (Å²) in [5.41, 5.74) is 1.01. The summed E-state index contributed by atoms with van der Waals surface area (Å²) in [4.78, 5) is 8.07. The predicted molar refractivity (Wildman–Crippen MR) is 60.8 cm³/mol. The number of hydrogen-bond acceptors (Lipinski definition) is 4. The first-order valence-corrected chi connectivity index (χ1v) is 5.42. The highest BCUT2D eigenvalue weighted by atomic mass is 16.3. The topological polar surface area (TPSA) is 58.0 Å². The van der Waals surface area contributed by atoms with Gasteiger partial charge < -0.3 is 10.4 Å². The molecule has 1 aromatic heterocycles. The van der Waals surface area contributed by atoms with Crippen LogP contribution >= 0.6 is 0 Å². The van der Waals surface area contributed by atoms with Crippen molar-refractivity contribution in [1.29, 1.82) is 0 Å². The number of nitrogens with one attached hydrogen (secondary N) is 1. The Morgan fingerprint density at radius 2 is 2.33 bits per heavy atom. The molecule has 0 aliphatic carbocycles. The lowest BCUT2D eigenvalue weighted by Gasteiger charge is -2.17. The van der Waals surface area contributed by atoms with Gasteiger partial charge in [0.2, 0.25) is 0 Å². The number of hydrogen-bond donors (Lipinski definition) is 2. The number of aryl methyl sites for hydroxylation is 1. The smallest absolute Gasteiger partial charge is 0.132 e. The molecular weight excluding hydrogens is 190 g/mol. The van der Waals surface area contributed by atoms with Crippen LogP contribution in [0.25, 0.3) is 0 Å². The molecule has 0 spiro atoms. The molecule has 0 saturated heterocycles. The summed E-state index contributed by atoms with van der Waals surface area (Å²) in [7, 11) is 0. The highest BCUT2D eigenvalue weighted by Gasteiger charge is 2.08. The Kier molecular flexibility index (Phi) is 5.04. The second-order valence-electron chi connectivity index (χ2n) is 3.72. The first kappa shape index (κ1) is 11.9. The maximum absolute atomic E-state index is 9.20. The lowest BCUT2D eigenvalue weighted by molar-refractivity contribution is 0.267. The summed E-state index contributed by atoms with van der Waals surface area (Å²) < 4.78 is 0. The third kappa shape index (κ3) is 3.83. The van der Waals surface area contributed by atoms with Gasteiger partial charge in [0.05, 0.1) is 12.6 Å². The van der Waals surface area contributed by atoms with Gasteiger partial charge in [-0.05, 0) is 13.3 Å². The average Bonchev–Trinajstić information content (AvgIpc) is 2.26. The number of aromatic nitrogens is 2. The van der Waals surface area contributed by atoms with Crippen molar-refractivity contribution in [3.8, 4) is 0 Å². The minimum Gasteiger partial charge on any atom is -0.394 e. The standard InChI is InChI=1S/C11H19N3O/c1-3-4-5-10(7-15)14-11-9(2)6-12-8-13-11/h6,8,10,15H,3-5,7H2,1-2H3,(H,12,13,14). The largest absolute Gasteiger partial charge is 0.394 e. The molecule has 84 valence electrons.